The van der Waals surface area contributed by atoms with E-state index in [1.165, 1.54) is 25.1 Å². The van der Waals surface area contributed by atoms with Crippen LogP contribution in [0.3, 0.4) is 0 Å². The molecule has 0 bridgehead atoms. The molecule has 1 aromatic rings. The van der Waals surface area contributed by atoms with E-state index in [0.717, 1.165) is 19.3 Å². The molecular formula is C14H18N2O4. The van der Waals surface area contributed by atoms with Gasteiger partial charge in [0.05, 0.1) is 0 Å². The van der Waals surface area contributed by atoms with E-state index >= 15 is 0 Å². The van der Waals surface area contributed by atoms with Gasteiger partial charge >= 0.3 is 5.97 Å². The molecule has 6 nitrogen and oxygen atoms in total. The number of pyridine rings is 1. The van der Waals surface area contributed by atoms with Crippen molar-refractivity contribution in [3.8, 4) is 5.88 Å². The first-order valence-electron chi connectivity index (χ1n) is 6.61. The van der Waals surface area contributed by atoms with Crippen LogP contribution in [-0.4, -0.2) is 46.1 Å². The van der Waals surface area contributed by atoms with Gasteiger partial charge in [-0.15, -0.1) is 0 Å². The molecule has 1 saturated carbocycles. The Labute approximate surface area is 117 Å². The predicted octanol–water partition coefficient (Wildman–Crippen LogP) is 1.56. The Morgan fingerprint density at radius 3 is 2.75 bits per heavy atom. The molecule has 1 aliphatic carbocycles. The van der Waals surface area contributed by atoms with Gasteiger partial charge in [-0.3, -0.25) is 4.79 Å². The molecule has 0 saturated heterocycles. The monoisotopic (exact) mass is 278 g/mol. The van der Waals surface area contributed by atoms with Crippen LogP contribution in [0, 0.1) is 0 Å². The van der Waals surface area contributed by atoms with Crippen LogP contribution in [0.2, 0.25) is 0 Å². The molecule has 1 N–H and O–H groups in total. The van der Waals surface area contributed by atoms with E-state index in [1.54, 1.807) is 12.1 Å². The molecule has 1 aromatic heterocycles. The summed E-state index contributed by atoms with van der Waals surface area (Å²) >= 11 is 0. The van der Waals surface area contributed by atoms with Crippen molar-refractivity contribution in [3.05, 3.63) is 23.9 Å². The van der Waals surface area contributed by atoms with Gasteiger partial charge in [0.1, 0.15) is 12.1 Å². The molecule has 20 heavy (non-hydrogen) atoms. The lowest BCUT2D eigenvalue weighted by molar-refractivity contribution is -0.141. The maximum absolute atomic E-state index is 12.2. The number of ether oxygens (including phenoxy) is 1. The lowest BCUT2D eigenvalue weighted by atomic mass is 9.96. The quantitative estimate of drug-likeness (QED) is 0.884. The molecule has 1 aliphatic rings. The number of rotatable bonds is 5. The number of aromatic nitrogens is 1. The highest BCUT2D eigenvalue weighted by molar-refractivity contribution is 5.96. The Morgan fingerprint density at radius 2 is 2.20 bits per heavy atom. The van der Waals surface area contributed by atoms with Gasteiger partial charge in [0.25, 0.3) is 5.91 Å². The Bertz CT molecular complexity index is 514. The molecule has 0 spiro atoms. The Morgan fingerprint density at radius 1 is 1.50 bits per heavy atom. The third kappa shape index (κ3) is 3.07. The first-order chi connectivity index (χ1) is 9.49. The largest absolute Gasteiger partial charge is 0.480 e. The van der Waals surface area contributed by atoms with Crippen LogP contribution in [0.25, 0.3) is 0 Å². The molecular weight excluding hydrogens is 260 g/mol. The van der Waals surface area contributed by atoms with Crippen LogP contribution < -0.4 is 4.74 Å². The fourth-order valence-electron chi connectivity index (χ4n) is 1.81. The van der Waals surface area contributed by atoms with Crippen LogP contribution in [0.5, 0.6) is 5.88 Å². The fraction of sp³-hybridized carbons (Fsp3) is 0.500. The number of nitrogens with zero attached hydrogens (tertiary/aromatic N) is 2. The lowest BCUT2D eigenvalue weighted by Crippen LogP contribution is -2.40. The van der Waals surface area contributed by atoms with Crippen LogP contribution in [0.15, 0.2) is 18.3 Å². The lowest BCUT2D eigenvalue weighted by Gasteiger charge is -2.26. The van der Waals surface area contributed by atoms with Crippen LogP contribution in [0.1, 0.15) is 36.5 Å². The van der Waals surface area contributed by atoms with Gasteiger partial charge in [0.2, 0.25) is 5.88 Å². The van der Waals surface area contributed by atoms with Gasteiger partial charge in [-0.05, 0) is 32.3 Å². The second-order valence-electron chi connectivity index (χ2n) is 4.98. The zero-order chi connectivity index (χ0) is 14.7. The Kier molecular flexibility index (Phi) is 4.22. The SMILES string of the molecule is CC(C(=O)O)N(C)C(=O)c1ccnc(OC2CCC2)c1. The smallest absolute Gasteiger partial charge is 0.326 e. The minimum Gasteiger partial charge on any atom is -0.480 e. The summed E-state index contributed by atoms with van der Waals surface area (Å²) in [6.07, 6.45) is 4.86. The minimum atomic E-state index is -1.04. The number of carbonyl (C=O) groups is 2. The number of aliphatic carboxylic acids is 1. The predicted molar refractivity (Wildman–Crippen MR) is 71.7 cm³/mol. The first-order valence-corrected chi connectivity index (χ1v) is 6.61. The van der Waals surface area contributed by atoms with Gasteiger partial charge in [-0.1, -0.05) is 0 Å². The third-order valence-electron chi connectivity index (χ3n) is 3.58. The summed E-state index contributed by atoms with van der Waals surface area (Å²) in [4.78, 5) is 28.4. The number of hydrogen-bond acceptors (Lipinski definition) is 4. The molecule has 0 radical (unpaired) electrons. The number of likely N-dealkylation sites (N-methyl/N-ethyl adjacent to an activating group) is 1. The summed E-state index contributed by atoms with van der Waals surface area (Å²) in [7, 11) is 1.47. The van der Waals surface area contributed by atoms with E-state index < -0.39 is 12.0 Å². The Hall–Kier alpha value is -2.11. The van der Waals surface area contributed by atoms with Crippen molar-refractivity contribution in [2.75, 3.05) is 7.05 Å². The molecule has 2 rings (SSSR count). The van der Waals surface area contributed by atoms with E-state index in [1.807, 2.05) is 0 Å². The van der Waals surface area contributed by atoms with Gasteiger partial charge < -0.3 is 14.7 Å². The second-order valence-corrected chi connectivity index (χ2v) is 4.98. The molecule has 1 atom stereocenters. The van der Waals surface area contributed by atoms with Crippen molar-refractivity contribution >= 4 is 11.9 Å². The summed E-state index contributed by atoms with van der Waals surface area (Å²) in [5.41, 5.74) is 0.380. The molecule has 108 valence electrons. The highest BCUT2D eigenvalue weighted by Gasteiger charge is 2.24. The van der Waals surface area contributed by atoms with Crippen molar-refractivity contribution in [2.24, 2.45) is 0 Å². The van der Waals surface area contributed by atoms with Crippen LogP contribution in [-0.2, 0) is 4.79 Å². The van der Waals surface area contributed by atoms with Crippen LogP contribution >= 0.6 is 0 Å². The van der Waals surface area contributed by atoms with Crippen molar-refractivity contribution in [3.63, 3.8) is 0 Å². The summed E-state index contributed by atoms with van der Waals surface area (Å²) in [5.74, 6) is -0.987. The first kappa shape index (κ1) is 14.3. The highest BCUT2D eigenvalue weighted by Crippen LogP contribution is 2.24. The minimum absolute atomic E-state index is 0.184. The van der Waals surface area contributed by atoms with Gasteiger partial charge in [-0.25, -0.2) is 9.78 Å². The average molecular weight is 278 g/mol. The molecule has 1 unspecified atom stereocenters. The Balaban J connectivity index is 2.09. The standard InChI is InChI=1S/C14H18N2O4/c1-9(14(18)19)16(2)13(17)10-6-7-15-12(8-10)20-11-4-3-5-11/h6-9,11H,3-5H2,1-2H3,(H,18,19). The number of carbonyl (C=O) groups excluding carboxylic acids is 1. The molecule has 1 amide bonds. The van der Waals surface area contributed by atoms with Gasteiger partial charge in [0.15, 0.2) is 0 Å². The number of amides is 1. The molecule has 1 heterocycles. The van der Waals surface area contributed by atoms with Crippen molar-refractivity contribution in [2.45, 2.75) is 38.3 Å². The van der Waals surface area contributed by atoms with Gasteiger partial charge in [-0.2, -0.15) is 0 Å². The van der Waals surface area contributed by atoms with E-state index in [0.29, 0.717) is 11.4 Å². The van der Waals surface area contributed by atoms with E-state index in [2.05, 4.69) is 4.98 Å². The summed E-state index contributed by atoms with van der Waals surface area (Å²) < 4.78 is 5.63. The molecule has 0 aliphatic heterocycles. The normalized spacial score (nSPS) is 16.1. The van der Waals surface area contributed by atoms with Crippen molar-refractivity contribution < 1.29 is 19.4 Å². The molecule has 0 aromatic carbocycles. The maximum atomic E-state index is 12.2. The van der Waals surface area contributed by atoms with E-state index in [-0.39, 0.29) is 12.0 Å². The zero-order valence-corrected chi connectivity index (χ0v) is 11.6. The summed E-state index contributed by atoms with van der Waals surface area (Å²) in [6.45, 7) is 1.47. The maximum Gasteiger partial charge on any atom is 0.326 e. The number of carboxylic acid groups (broad SMARTS) is 1. The molecule has 6 heteroatoms. The second kappa shape index (κ2) is 5.90. The number of carboxylic acids is 1. The average Bonchev–Trinajstić information content (AvgIpc) is 2.40. The zero-order valence-electron chi connectivity index (χ0n) is 11.6. The van der Waals surface area contributed by atoms with Crippen molar-refractivity contribution in [1.29, 1.82) is 0 Å². The van der Waals surface area contributed by atoms with E-state index in [4.69, 9.17) is 9.84 Å². The highest BCUT2D eigenvalue weighted by atomic mass is 16.5. The molecule has 1 fully saturated rings. The summed E-state index contributed by atoms with van der Waals surface area (Å²) in [6, 6.07) is 2.24. The van der Waals surface area contributed by atoms with Crippen LogP contribution in [0.4, 0.5) is 0 Å². The third-order valence-corrected chi connectivity index (χ3v) is 3.58. The fourth-order valence-corrected chi connectivity index (χ4v) is 1.81. The number of hydrogen-bond donors (Lipinski definition) is 1. The van der Waals surface area contributed by atoms with E-state index in [9.17, 15) is 9.59 Å². The summed E-state index contributed by atoms with van der Waals surface area (Å²) in [5, 5.41) is 8.93. The topological polar surface area (TPSA) is 79.7 Å². The van der Waals surface area contributed by atoms with Gasteiger partial charge in [0, 0.05) is 24.9 Å². The van der Waals surface area contributed by atoms with Crippen molar-refractivity contribution in [1.82, 2.24) is 9.88 Å².